The number of amides is 2. The molecule has 24 heavy (non-hydrogen) atoms. The SMILES string of the molecule is O=C1Nc2sc(C(=O)N3CCCC3CO)cc2/C1=C\c1ccc[nH]1. The molecule has 2 amide bonds. The van der Waals surface area contributed by atoms with Gasteiger partial charge in [-0.25, -0.2) is 0 Å². The number of hydrogen-bond acceptors (Lipinski definition) is 4. The van der Waals surface area contributed by atoms with Crippen molar-refractivity contribution in [2.45, 2.75) is 18.9 Å². The second kappa shape index (κ2) is 5.92. The van der Waals surface area contributed by atoms with E-state index in [-0.39, 0.29) is 24.5 Å². The maximum absolute atomic E-state index is 12.7. The Morgan fingerprint density at radius 2 is 2.38 bits per heavy atom. The van der Waals surface area contributed by atoms with Crippen LogP contribution in [0.4, 0.5) is 5.00 Å². The van der Waals surface area contributed by atoms with Crippen LogP contribution in [0, 0.1) is 0 Å². The minimum absolute atomic E-state index is 0.00839. The van der Waals surface area contributed by atoms with E-state index in [2.05, 4.69) is 10.3 Å². The number of aliphatic hydroxyl groups is 1. The maximum atomic E-state index is 12.7. The minimum Gasteiger partial charge on any atom is -0.394 e. The molecule has 0 bridgehead atoms. The number of likely N-dealkylation sites (tertiary alicyclic amines) is 1. The number of fused-ring (bicyclic) bond motifs is 1. The minimum atomic E-state index is -0.153. The van der Waals surface area contributed by atoms with Gasteiger partial charge in [-0.1, -0.05) is 0 Å². The molecule has 0 aromatic carbocycles. The third-order valence-corrected chi connectivity index (χ3v) is 5.51. The van der Waals surface area contributed by atoms with Crippen LogP contribution < -0.4 is 5.32 Å². The van der Waals surface area contributed by atoms with Gasteiger partial charge < -0.3 is 20.3 Å². The van der Waals surface area contributed by atoms with Gasteiger partial charge in [0.25, 0.3) is 11.8 Å². The number of hydrogen-bond donors (Lipinski definition) is 3. The van der Waals surface area contributed by atoms with Crippen molar-refractivity contribution < 1.29 is 14.7 Å². The molecule has 1 unspecified atom stereocenters. The van der Waals surface area contributed by atoms with Crippen LogP contribution in [0.3, 0.4) is 0 Å². The summed E-state index contributed by atoms with van der Waals surface area (Å²) in [5.74, 6) is -0.223. The van der Waals surface area contributed by atoms with Gasteiger partial charge in [0.2, 0.25) is 0 Å². The fourth-order valence-corrected chi connectivity index (χ4v) is 4.27. The molecule has 3 N–H and O–H groups in total. The van der Waals surface area contributed by atoms with Crippen molar-refractivity contribution in [1.82, 2.24) is 9.88 Å². The van der Waals surface area contributed by atoms with Crippen LogP contribution in [0.25, 0.3) is 11.6 Å². The summed E-state index contributed by atoms with van der Waals surface area (Å²) in [6.07, 6.45) is 5.33. The fourth-order valence-electron chi connectivity index (χ4n) is 3.25. The number of H-pyrrole nitrogens is 1. The normalized spacial score (nSPS) is 21.4. The van der Waals surface area contributed by atoms with Crippen LogP contribution in [0.5, 0.6) is 0 Å². The number of anilines is 1. The number of nitrogens with zero attached hydrogens (tertiary/aromatic N) is 1. The van der Waals surface area contributed by atoms with E-state index in [1.165, 1.54) is 11.3 Å². The standard InChI is InChI=1S/C17H17N3O3S/c21-9-11-4-2-6-20(11)17(23)14-8-13-12(7-10-3-1-5-18-10)15(22)19-16(13)24-14/h1,3,5,7-8,11,18,21H,2,4,6,9H2,(H,19,22)/b12-7+. The number of rotatable bonds is 3. The molecule has 4 heterocycles. The van der Waals surface area contributed by atoms with Gasteiger partial charge in [-0.3, -0.25) is 9.59 Å². The highest BCUT2D eigenvalue weighted by molar-refractivity contribution is 7.18. The van der Waals surface area contributed by atoms with E-state index in [1.54, 1.807) is 23.2 Å². The van der Waals surface area contributed by atoms with Crippen LogP contribution in [0.15, 0.2) is 24.4 Å². The summed E-state index contributed by atoms with van der Waals surface area (Å²) in [6, 6.07) is 5.43. The highest BCUT2D eigenvalue weighted by Gasteiger charge is 2.33. The molecule has 1 saturated heterocycles. The molecule has 1 fully saturated rings. The molecule has 2 aromatic rings. The summed E-state index contributed by atoms with van der Waals surface area (Å²) in [6.45, 7) is 0.662. The molecule has 0 saturated carbocycles. The Bertz CT molecular complexity index is 822. The van der Waals surface area contributed by atoms with Gasteiger partial charge in [-0.05, 0) is 37.1 Å². The second-order valence-electron chi connectivity index (χ2n) is 5.97. The lowest BCUT2D eigenvalue weighted by atomic mass is 10.1. The molecule has 0 aliphatic carbocycles. The molecular formula is C17H17N3O3S. The molecule has 124 valence electrons. The van der Waals surface area contributed by atoms with E-state index in [9.17, 15) is 14.7 Å². The Kier molecular flexibility index (Phi) is 3.74. The van der Waals surface area contributed by atoms with Gasteiger partial charge >= 0.3 is 0 Å². The third-order valence-electron chi connectivity index (χ3n) is 4.48. The summed E-state index contributed by atoms with van der Waals surface area (Å²) in [5, 5.41) is 12.9. The average Bonchev–Trinajstić information content (AvgIpc) is 3.33. The molecule has 0 spiro atoms. The van der Waals surface area contributed by atoms with Crippen LogP contribution in [-0.4, -0.2) is 46.0 Å². The first-order chi connectivity index (χ1) is 11.7. The molecule has 2 aliphatic rings. The lowest BCUT2D eigenvalue weighted by Gasteiger charge is -2.22. The Morgan fingerprint density at radius 1 is 1.50 bits per heavy atom. The summed E-state index contributed by atoms with van der Waals surface area (Å²) in [7, 11) is 0. The van der Waals surface area contributed by atoms with Crippen LogP contribution in [0.2, 0.25) is 0 Å². The first-order valence-corrected chi connectivity index (χ1v) is 8.71. The van der Waals surface area contributed by atoms with Gasteiger partial charge in [0.15, 0.2) is 0 Å². The number of carbonyl (C=O) groups excluding carboxylic acids is 2. The monoisotopic (exact) mass is 343 g/mol. The largest absolute Gasteiger partial charge is 0.394 e. The maximum Gasteiger partial charge on any atom is 0.264 e. The third kappa shape index (κ3) is 2.46. The smallest absolute Gasteiger partial charge is 0.264 e. The van der Waals surface area contributed by atoms with E-state index in [1.807, 2.05) is 12.1 Å². The number of thiophene rings is 1. The molecule has 2 aromatic heterocycles. The predicted octanol–water partition coefficient (Wildman–Crippen LogP) is 2.17. The number of aromatic nitrogens is 1. The van der Waals surface area contributed by atoms with Crippen molar-refractivity contribution in [2.75, 3.05) is 18.5 Å². The Balaban J connectivity index is 1.65. The highest BCUT2D eigenvalue weighted by atomic mass is 32.1. The summed E-state index contributed by atoms with van der Waals surface area (Å²) < 4.78 is 0. The predicted molar refractivity (Wildman–Crippen MR) is 92.8 cm³/mol. The van der Waals surface area contributed by atoms with E-state index in [4.69, 9.17) is 0 Å². The molecule has 0 radical (unpaired) electrons. The van der Waals surface area contributed by atoms with E-state index < -0.39 is 0 Å². The Labute approximate surface area is 142 Å². The zero-order valence-electron chi connectivity index (χ0n) is 12.9. The number of carbonyl (C=O) groups is 2. The van der Waals surface area contributed by atoms with Crippen LogP contribution >= 0.6 is 11.3 Å². The van der Waals surface area contributed by atoms with Crippen molar-refractivity contribution in [3.63, 3.8) is 0 Å². The molecule has 1 atom stereocenters. The second-order valence-corrected chi connectivity index (χ2v) is 7.02. The number of aliphatic hydroxyl groups excluding tert-OH is 1. The van der Waals surface area contributed by atoms with Crippen LogP contribution in [0.1, 0.15) is 33.8 Å². The van der Waals surface area contributed by atoms with E-state index in [0.29, 0.717) is 22.0 Å². The zero-order chi connectivity index (χ0) is 16.7. The van der Waals surface area contributed by atoms with Crippen molar-refractivity contribution in [3.8, 4) is 0 Å². The lowest BCUT2D eigenvalue weighted by molar-refractivity contribution is -0.110. The van der Waals surface area contributed by atoms with Gasteiger partial charge in [0.05, 0.1) is 23.1 Å². The first-order valence-electron chi connectivity index (χ1n) is 7.90. The summed E-state index contributed by atoms with van der Waals surface area (Å²) in [4.78, 5) is 30.2. The Morgan fingerprint density at radius 3 is 3.12 bits per heavy atom. The molecular weight excluding hydrogens is 326 g/mol. The number of nitrogens with one attached hydrogen (secondary N) is 2. The van der Waals surface area contributed by atoms with Crippen molar-refractivity contribution in [3.05, 3.63) is 40.5 Å². The van der Waals surface area contributed by atoms with Crippen molar-refractivity contribution in [2.24, 2.45) is 0 Å². The zero-order valence-corrected chi connectivity index (χ0v) is 13.7. The average molecular weight is 343 g/mol. The summed E-state index contributed by atoms with van der Waals surface area (Å²) >= 11 is 1.29. The summed E-state index contributed by atoms with van der Waals surface area (Å²) in [5.41, 5.74) is 2.16. The fraction of sp³-hybridized carbons (Fsp3) is 0.294. The number of aromatic amines is 1. The lowest BCUT2D eigenvalue weighted by Crippen LogP contribution is -2.37. The van der Waals surface area contributed by atoms with Gasteiger partial charge in [0, 0.05) is 24.0 Å². The quantitative estimate of drug-likeness (QED) is 0.747. The molecule has 7 heteroatoms. The van der Waals surface area contributed by atoms with Gasteiger partial charge in [-0.15, -0.1) is 11.3 Å². The Hall–Kier alpha value is -2.38. The molecule has 2 aliphatic heterocycles. The molecule has 4 rings (SSSR count). The van der Waals surface area contributed by atoms with Crippen molar-refractivity contribution >= 4 is 39.8 Å². The first kappa shape index (κ1) is 15.2. The highest BCUT2D eigenvalue weighted by Crippen LogP contribution is 2.40. The van der Waals surface area contributed by atoms with Crippen molar-refractivity contribution in [1.29, 1.82) is 0 Å². The molecule has 6 nitrogen and oxygen atoms in total. The topological polar surface area (TPSA) is 85.4 Å². The van der Waals surface area contributed by atoms with Crippen LogP contribution in [-0.2, 0) is 4.79 Å². The van der Waals surface area contributed by atoms with Gasteiger partial charge in [-0.2, -0.15) is 0 Å². The van der Waals surface area contributed by atoms with E-state index in [0.717, 1.165) is 24.1 Å². The van der Waals surface area contributed by atoms with Gasteiger partial charge in [0.1, 0.15) is 5.00 Å². The van der Waals surface area contributed by atoms with E-state index >= 15 is 0 Å².